The molecule has 2 rings (SSSR count). The van der Waals surface area contributed by atoms with E-state index >= 15 is 0 Å². The van der Waals surface area contributed by atoms with E-state index in [0.29, 0.717) is 6.04 Å². The lowest BCUT2D eigenvalue weighted by molar-refractivity contribution is 0.227. The van der Waals surface area contributed by atoms with Crippen molar-refractivity contribution < 1.29 is 0 Å². The average Bonchev–Trinajstić information content (AvgIpc) is 2.74. The molecule has 1 saturated heterocycles. The number of piperidine rings is 1. The standard InChI is InChI=1S/C13H22N2S/c1-3-11-6-8-16-13(11)9-14-12-5-4-7-15(2)10-12/h6,8,12,14H,3-5,7,9-10H2,1-2H3. The number of likely N-dealkylation sites (tertiary alicyclic amines) is 1. The molecule has 1 unspecified atom stereocenters. The molecule has 2 nitrogen and oxygen atoms in total. The van der Waals surface area contributed by atoms with E-state index < -0.39 is 0 Å². The fourth-order valence-electron chi connectivity index (χ4n) is 2.41. The van der Waals surface area contributed by atoms with Gasteiger partial charge < -0.3 is 10.2 Å². The molecule has 16 heavy (non-hydrogen) atoms. The van der Waals surface area contributed by atoms with Crippen LogP contribution < -0.4 is 5.32 Å². The van der Waals surface area contributed by atoms with Gasteiger partial charge in [0.05, 0.1) is 0 Å². The molecule has 1 N–H and O–H groups in total. The van der Waals surface area contributed by atoms with Crippen LogP contribution in [0, 0.1) is 0 Å². The highest BCUT2D eigenvalue weighted by Gasteiger charge is 2.16. The number of thiophene rings is 1. The quantitative estimate of drug-likeness (QED) is 0.867. The predicted octanol–water partition coefficient (Wildman–Crippen LogP) is 2.49. The smallest absolute Gasteiger partial charge is 0.0305 e. The van der Waals surface area contributed by atoms with E-state index in [0.717, 1.165) is 13.0 Å². The lowest BCUT2D eigenvalue weighted by Gasteiger charge is -2.30. The molecule has 0 spiro atoms. The minimum Gasteiger partial charge on any atom is -0.308 e. The van der Waals surface area contributed by atoms with Gasteiger partial charge in [-0.05, 0) is 49.9 Å². The monoisotopic (exact) mass is 238 g/mol. The Morgan fingerprint density at radius 2 is 2.44 bits per heavy atom. The first-order chi connectivity index (χ1) is 7.79. The highest BCUT2D eigenvalue weighted by Crippen LogP contribution is 2.18. The summed E-state index contributed by atoms with van der Waals surface area (Å²) in [6.07, 6.45) is 3.82. The molecule has 1 atom stereocenters. The zero-order valence-corrected chi connectivity index (χ0v) is 11.1. The number of hydrogen-bond donors (Lipinski definition) is 1. The second-order valence-corrected chi connectivity index (χ2v) is 5.71. The van der Waals surface area contributed by atoms with Crippen LogP contribution in [0.1, 0.15) is 30.2 Å². The summed E-state index contributed by atoms with van der Waals surface area (Å²) in [6, 6.07) is 2.94. The second-order valence-electron chi connectivity index (χ2n) is 4.70. The number of likely N-dealkylation sites (N-methyl/N-ethyl adjacent to an activating group) is 1. The van der Waals surface area contributed by atoms with Gasteiger partial charge in [-0.2, -0.15) is 0 Å². The first-order valence-corrected chi connectivity index (χ1v) is 7.14. The van der Waals surface area contributed by atoms with Gasteiger partial charge >= 0.3 is 0 Å². The Kier molecular flexibility index (Phi) is 4.38. The van der Waals surface area contributed by atoms with Gasteiger partial charge in [0, 0.05) is 24.0 Å². The Labute approximate surface area is 103 Å². The van der Waals surface area contributed by atoms with E-state index in [4.69, 9.17) is 0 Å². The van der Waals surface area contributed by atoms with Gasteiger partial charge in [0.15, 0.2) is 0 Å². The number of nitrogens with one attached hydrogen (secondary N) is 1. The Morgan fingerprint density at radius 3 is 3.19 bits per heavy atom. The van der Waals surface area contributed by atoms with Crippen molar-refractivity contribution in [3.05, 3.63) is 21.9 Å². The summed E-state index contributed by atoms with van der Waals surface area (Å²) >= 11 is 1.89. The molecule has 0 aromatic carbocycles. The third-order valence-corrected chi connectivity index (χ3v) is 4.36. The molecule has 0 amide bonds. The largest absolute Gasteiger partial charge is 0.308 e. The van der Waals surface area contributed by atoms with E-state index in [-0.39, 0.29) is 0 Å². The summed E-state index contributed by atoms with van der Waals surface area (Å²) in [5.74, 6) is 0. The maximum absolute atomic E-state index is 3.70. The van der Waals surface area contributed by atoms with Crippen molar-refractivity contribution in [2.24, 2.45) is 0 Å². The van der Waals surface area contributed by atoms with Gasteiger partial charge in [-0.1, -0.05) is 6.92 Å². The molecular formula is C13H22N2S. The summed E-state index contributed by atoms with van der Waals surface area (Å²) in [6.45, 7) is 5.75. The molecule has 1 aromatic rings. The van der Waals surface area contributed by atoms with Gasteiger partial charge in [-0.25, -0.2) is 0 Å². The van der Waals surface area contributed by atoms with E-state index in [1.165, 1.54) is 36.4 Å². The molecular weight excluding hydrogens is 216 g/mol. The van der Waals surface area contributed by atoms with Crippen LogP contribution in [-0.4, -0.2) is 31.1 Å². The van der Waals surface area contributed by atoms with Gasteiger partial charge in [0.1, 0.15) is 0 Å². The zero-order valence-electron chi connectivity index (χ0n) is 10.3. The normalized spacial score (nSPS) is 22.5. The summed E-state index contributed by atoms with van der Waals surface area (Å²) in [4.78, 5) is 3.95. The van der Waals surface area contributed by atoms with Gasteiger partial charge in [0.2, 0.25) is 0 Å². The van der Waals surface area contributed by atoms with Crippen LogP contribution in [-0.2, 0) is 13.0 Å². The maximum atomic E-state index is 3.70. The van der Waals surface area contributed by atoms with Crippen molar-refractivity contribution in [1.82, 2.24) is 10.2 Å². The molecule has 0 aliphatic carbocycles. The first-order valence-electron chi connectivity index (χ1n) is 6.26. The van der Waals surface area contributed by atoms with E-state index in [2.05, 4.69) is 35.6 Å². The first kappa shape index (κ1) is 12.1. The Morgan fingerprint density at radius 1 is 1.56 bits per heavy atom. The predicted molar refractivity (Wildman–Crippen MR) is 71.1 cm³/mol. The van der Waals surface area contributed by atoms with Crippen LogP contribution in [0.2, 0.25) is 0 Å². The third kappa shape index (κ3) is 3.06. The highest BCUT2D eigenvalue weighted by atomic mass is 32.1. The fraction of sp³-hybridized carbons (Fsp3) is 0.692. The fourth-order valence-corrected chi connectivity index (χ4v) is 3.33. The van der Waals surface area contributed by atoms with Crippen molar-refractivity contribution in [3.63, 3.8) is 0 Å². The molecule has 1 aliphatic rings. The second kappa shape index (κ2) is 5.80. The van der Waals surface area contributed by atoms with Crippen molar-refractivity contribution >= 4 is 11.3 Å². The van der Waals surface area contributed by atoms with Gasteiger partial charge in [-0.15, -0.1) is 11.3 Å². The molecule has 0 radical (unpaired) electrons. The van der Waals surface area contributed by atoms with Crippen molar-refractivity contribution in [3.8, 4) is 0 Å². The summed E-state index contributed by atoms with van der Waals surface area (Å²) < 4.78 is 0. The summed E-state index contributed by atoms with van der Waals surface area (Å²) in [7, 11) is 2.22. The molecule has 3 heteroatoms. The van der Waals surface area contributed by atoms with Gasteiger partial charge in [0.25, 0.3) is 0 Å². The molecule has 2 heterocycles. The molecule has 1 fully saturated rings. The van der Waals surface area contributed by atoms with Crippen LogP contribution in [0.15, 0.2) is 11.4 Å². The molecule has 0 saturated carbocycles. The van der Waals surface area contributed by atoms with Crippen molar-refractivity contribution in [2.75, 3.05) is 20.1 Å². The summed E-state index contributed by atoms with van der Waals surface area (Å²) in [5, 5.41) is 5.91. The van der Waals surface area contributed by atoms with Crippen LogP contribution in [0.4, 0.5) is 0 Å². The van der Waals surface area contributed by atoms with E-state index in [1.54, 1.807) is 0 Å². The minimum atomic E-state index is 0.686. The lowest BCUT2D eigenvalue weighted by atomic mass is 10.1. The Bertz CT molecular complexity index is 321. The number of nitrogens with zero attached hydrogens (tertiary/aromatic N) is 1. The Hall–Kier alpha value is -0.380. The highest BCUT2D eigenvalue weighted by molar-refractivity contribution is 7.10. The number of aryl methyl sites for hydroxylation is 1. The number of hydrogen-bond acceptors (Lipinski definition) is 3. The lowest BCUT2D eigenvalue weighted by Crippen LogP contribution is -2.43. The van der Waals surface area contributed by atoms with Crippen molar-refractivity contribution in [1.29, 1.82) is 0 Å². The SMILES string of the molecule is CCc1ccsc1CNC1CCCN(C)C1. The van der Waals surface area contributed by atoms with Gasteiger partial charge in [-0.3, -0.25) is 0 Å². The molecule has 1 aliphatic heterocycles. The molecule has 0 bridgehead atoms. The molecule has 90 valence electrons. The third-order valence-electron chi connectivity index (χ3n) is 3.39. The van der Waals surface area contributed by atoms with Crippen molar-refractivity contribution in [2.45, 2.75) is 38.8 Å². The van der Waals surface area contributed by atoms with Crippen LogP contribution in [0.5, 0.6) is 0 Å². The minimum absolute atomic E-state index is 0.686. The summed E-state index contributed by atoms with van der Waals surface area (Å²) in [5.41, 5.74) is 1.52. The zero-order chi connectivity index (χ0) is 11.4. The average molecular weight is 238 g/mol. The number of rotatable bonds is 4. The van der Waals surface area contributed by atoms with Crippen LogP contribution >= 0.6 is 11.3 Å². The maximum Gasteiger partial charge on any atom is 0.0305 e. The van der Waals surface area contributed by atoms with E-state index in [1.807, 2.05) is 11.3 Å². The Balaban J connectivity index is 1.82. The molecule has 1 aromatic heterocycles. The van der Waals surface area contributed by atoms with Crippen LogP contribution in [0.3, 0.4) is 0 Å². The van der Waals surface area contributed by atoms with E-state index in [9.17, 15) is 0 Å². The topological polar surface area (TPSA) is 15.3 Å². The van der Waals surface area contributed by atoms with Crippen LogP contribution in [0.25, 0.3) is 0 Å².